The van der Waals surface area contributed by atoms with Crippen molar-refractivity contribution >= 4 is 18.6 Å². The van der Waals surface area contributed by atoms with E-state index in [0.29, 0.717) is 0 Å². The van der Waals surface area contributed by atoms with Crippen molar-refractivity contribution in [2.75, 3.05) is 0 Å². The monoisotopic (exact) mass is 252 g/mol. The Morgan fingerprint density at radius 3 is 2.44 bits per heavy atom. The Morgan fingerprint density at radius 1 is 1.33 bits per heavy atom. The number of hydrogen-bond acceptors (Lipinski definition) is 4. The molecule has 0 saturated carbocycles. The van der Waals surface area contributed by atoms with Crippen LogP contribution in [0, 0.1) is 10.7 Å². The van der Waals surface area contributed by atoms with Crippen molar-refractivity contribution in [3.8, 4) is 0 Å². The SMILES string of the molecule is CC(C)(O)C(C)(C)O[B]c1cccc(N=O)c1F. The highest BCUT2D eigenvalue weighted by atomic mass is 19.1. The third kappa shape index (κ3) is 3.14. The topological polar surface area (TPSA) is 58.9 Å². The maximum atomic E-state index is 13.7. The molecule has 6 heteroatoms. The lowest BCUT2D eigenvalue weighted by Crippen LogP contribution is -2.49. The largest absolute Gasteiger partial charge is 0.427 e. The van der Waals surface area contributed by atoms with E-state index in [1.165, 1.54) is 25.7 Å². The van der Waals surface area contributed by atoms with Gasteiger partial charge in [0.05, 0.1) is 11.2 Å². The molecule has 0 aliphatic carbocycles. The second-order valence-corrected chi connectivity index (χ2v) is 5.08. The van der Waals surface area contributed by atoms with E-state index >= 15 is 0 Å². The second kappa shape index (κ2) is 5.16. The van der Waals surface area contributed by atoms with Crippen LogP contribution in [-0.4, -0.2) is 23.8 Å². The Labute approximate surface area is 106 Å². The van der Waals surface area contributed by atoms with Gasteiger partial charge in [-0.2, -0.15) is 0 Å². The molecule has 0 aliphatic heterocycles. The molecule has 1 rings (SSSR count). The van der Waals surface area contributed by atoms with Crippen LogP contribution in [0.25, 0.3) is 0 Å². The number of aliphatic hydroxyl groups is 1. The van der Waals surface area contributed by atoms with Crippen molar-refractivity contribution in [1.82, 2.24) is 0 Å². The molecule has 97 valence electrons. The number of nitrogens with zero attached hydrogens (tertiary/aromatic N) is 1. The van der Waals surface area contributed by atoms with Crippen LogP contribution < -0.4 is 5.46 Å². The Hall–Kier alpha value is -1.27. The standard InChI is InChI=1S/C12H16BFNO3/c1-11(2,16)12(3,4)18-13-8-6-5-7-9(15-17)10(8)14/h5-7,16H,1-4H3. The molecule has 0 fully saturated rings. The van der Waals surface area contributed by atoms with Crippen LogP contribution in [0.15, 0.2) is 23.4 Å². The normalized spacial score (nSPS) is 12.3. The number of hydrogen-bond donors (Lipinski definition) is 1. The molecule has 0 aliphatic rings. The van der Waals surface area contributed by atoms with Crippen molar-refractivity contribution in [3.05, 3.63) is 28.9 Å². The summed E-state index contributed by atoms with van der Waals surface area (Å²) < 4.78 is 19.1. The van der Waals surface area contributed by atoms with Crippen LogP contribution in [0.1, 0.15) is 27.7 Å². The minimum Gasteiger partial charge on any atom is -0.427 e. The first-order chi connectivity index (χ1) is 8.19. The Kier molecular flexibility index (Phi) is 4.24. The number of nitroso groups, excluding NO2 is 1. The summed E-state index contributed by atoms with van der Waals surface area (Å²) >= 11 is 0. The second-order valence-electron chi connectivity index (χ2n) is 5.08. The predicted octanol–water partition coefficient (Wildman–Crippen LogP) is 2.03. The molecule has 0 amide bonds. The first-order valence-electron chi connectivity index (χ1n) is 5.54. The van der Waals surface area contributed by atoms with E-state index in [2.05, 4.69) is 5.18 Å². The summed E-state index contributed by atoms with van der Waals surface area (Å²) in [5.74, 6) is -0.737. The van der Waals surface area contributed by atoms with E-state index in [4.69, 9.17) is 4.65 Å². The molecule has 1 radical (unpaired) electrons. The van der Waals surface area contributed by atoms with Gasteiger partial charge in [0, 0.05) is 0 Å². The van der Waals surface area contributed by atoms with Gasteiger partial charge in [0.1, 0.15) is 11.5 Å². The van der Waals surface area contributed by atoms with Crippen molar-refractivity contribution in [2.24, 2.45) is 5.18 Å². The predicted molar refractivity (Wildman–Crippen MR) is 68.7 cm³/mol. The molecule has 0 heterocycles. The molecule has 0 unspecified atom stereocenters. The van der Waals surface area contributed by atoms with Gasteiger partial charge in [0.2, 0.25) is 0 Å². The van der Waals surface area contributed by atoms with E-state index in [-0.39, 0.29) is 11.2 Å². The summed E-state index contributed by atoms with van der Waals surface area (Å²) in [6, 6.07) is 4.25. The van der Waals surface area contributed by atoms with Crippen LogP contribution in [0.2, 0.25) is 0 Å². The lowest BCUT2D eigenvalue weighted by atomic mass is 9.82. The van der Waals surface area contributed by atoms with E-state index in [1.807, 2.05) is 0 Å². The maximum Gasteiger partial charge on any atom is 0.334 e. The molecule has 1 aromatic carbocycles. The van der Waals surface area contributed by atoms with Crippen LogP contribution in [0.5, 0.6) is 0 Å². The minimum atomic E-state index is -1.10. The Bertz CT molecular complexity index is 443. The highest BCUT2D eigenvalue weighted by Crippen LogP contribution is 2.24. The average Bonchev–Trinajstić information content (AvgIpc) is 2.26. The number of benzene rings is 1. The summed E-state index contributed by atoms with van der Waals surface area (Å²) in [6.45, 7) is 6.56. The summed E-state index contributed by atoms with van der Waals surface area (Å²) in [7, 11) is 1.18. The van der Waals surface area contributed by atoms with Gasteiger partial charge in [-0.05, 0) is 44.4 Å². The third-order valence-electron chi connectivity index (χ3n) is 3.06. The summed E-state index contributed by atoms with van der Waals surface area (Å²) in [5.41, 5.74) is -2.15. The van der Waals surface area contributed by atoms with Crippen molar-refractivity contribution in [1.29, 1.82) is 0 Å². The smallest absolute Gasteiger partial charge is 0.334 e. The zero-order valence-electron chi connectivity index (χ0n) is 10.9. The fourth-order valence-electron chi connectivity index (χ4n) is 1.05. The first kappa shape index (κ1) is 14.8. The van der Waals surface area contributed by atoms with Gasteiger partial charge in [-0.15, -0.1) is 4.91 Å². The third-order valence-corrected chi connectivity index (χ3v) is 3.06. The van der Waals surface area contributed by atoms with Gasteiger partial charge in [-0.1, -0.05) is 12.1 Å². The lowest BCUT2D eigenvalue weighted by molar-refractivity contribution is -0.0893. The Morgan fingerprint density at radius 2 is 1.94 bits per heavy atom. The quantitative estimate of drug-likeness (QED) is 0.644. The summed E-state index contributed by atoms with van der Waals surface area (Å²) in [5, 5.41) is 12.5. The van der Waals surface area contributed by atoms with E-state index < -0.39 is 17.0 Å². The number of halogens is 1. The van der Waals surface area contributed by atoms with E-state index in [9.17, 15) is 14.4 Å². The van der Waals surface area contributed by atoms with E-state index in [1.54, 1.807) is 27.7 Å². The molecular formula is C12H16BFNO3. The molecule has 0 saturated heterocycles. The highest BCUT2D eigenvalue weighted by Gasteiger charge is 2.36. The molecule has 1 N–H and O–H groups in total. The van der Waals surface area contributed by atoms with Gasteiger partial charge >= 0.3 is 7.48 Å². The van der Waals surface area contributed by atoms with Gasteiger partial charge in [0.15, 0.2) is 0 Å². The van der Waals surface area contributed by atoms with Crippen LogP contribution in [0.4, 0.5) is 10.1 Å². The fraction of sp³-hybridized carbons (Fsp3) is 0.500. The zero-order valence-corrected chi connectivity index (χ0v) is 10.9. The van der Waals surface area contributed by atoms with Gasteiger partial charge in [0.25, 0.3) is 0 Å². The molecule has 0 spiro atoms. The average molecular weight is 252 g/mol. The van der Waals surface area contributed by atoms with Gasteiger partial charge < -0.3 is 9.76 Å². The van der Waals surface area contributed by atoms with Crippen molar-refractivity contribution in [3.63, 3.8) is 0 Å². The lowest BCUT2D eigenvalue weighted by Gasteiger charge is -2.37. The summed E-state index contributed by atoms with van der Waals surface area (Å²) in [4.78, 5) is 10.4. The zero-order chi connectivity index (χ0) is 14.0. The van der Waals surface area contributed by atoms with Gasteiger partial charge in [-0.3, -0.25) is 0 Å². The highest BCUT2D eigenvalue weighted by molar-refractivity contribution is 6.47. The van der Waals surface area contributed by atoms with Crippen LogP contribution in [-0.2, 0) is 4.65 Å². The molecule has 0 atom stereocenters. The molecule has 4 nitrogen and oxygen atoms in total. The maximum absolute atomic E-state index is 13.7. The van der Waals surface area contributed by atoms with E-state index in [0.717, 1.165) is 0 Å². The number of rotatable bonds is 5. The Balaban J connectivity index is 2.85. The molecule has 0 bridgehead atoms. The van der Waals surface area contributed by atoms with Crippen LogP contribution >= 0.6 is 0 Å². The van der Waals surface area contributed by atoms with Gasteiger partial charge in [-0.25, -0.2) is 4.39 Å². The molecule has 0 aromatic heterocycles. The molecule has 1 aromatic rings. The minimum absolute atomic E-state index is 0.115. The first-order valence-corrected chi connectivity index (χ1v) is 5.54. The fourth-order valence-corrected chi connectivity index (χ4v) is 1.05. The molecule has 18 heavy (non-hydrogen) atoms. The van der Waals surface area contributed by atoms with Crippen molar-refractivity contribution in [2.45, 2.75) is 38.9 Å². The molecular weight excluding hydrogens is 236 g/mol. The van der Waals surface area contributed by atoms with Crippen LogP contribution in [0.3, 0.4) is 0 Å². The van der Waals surface area contributed by atoms with Crippen molar-refractivity contribution < 1.29 is 14.2 Å². The summed E-state index contributed by atoms with van der Waals surface area (Å²) in [6.07, 6.45) is 0.